The highest BCUT2D eigenvalue weighted by Crippen LogP contribution is 2.35. The van der Waals surface area contributed by atoms with Gasteiger partial charge in [0.15, 0.2) is 0 Å². The van der Waals surface area contributed by atoms with E-state index < -0.39 is 0 Å². The van der Waals surface area contributed by atoms with E-state index in [9.17, 15) is 0 Å². The summed E-state index contributed by atoms with van der Waals surface area (Å²) in [6.45, 7) is 6.46. The molecule has 0 nitrogen and oxygen atoms in total. The first-order chi connectivity index (χ1) is 9.13. The molecule has 0 aromatic heterocycles. The third-order valence-corrected chi connectivity index (χ3v) is 4.24. The summed E-state index contributed by atoms with van der Waals surface area (Å²) < 4.78 is 0. The number of aryl methyl sites for hydroxylation is 2. The van der Waals surface area contributed by atoms with E-state index in [0.29, 0.717) is 0 Å². The number of halogens is 1. The van der Waals surface area contributed by atoms with Gasteiger partial charge in [-0.15, -0.1) is 11.6 Å². The fourth-order valence-electron chi connectivity index (χ4n) is 2.57. The molecule has 0 bridgehead atoms. The van der Waals surface area contributed by atoms with Crippen molar-refractivity contribution in [2.24, 2.45) is 0 Å². The second kappa shape index (κ2) is 6.25. The smallest absolute Gasteiger partial charge is 0.0442 e. The molecule has 1 heteroatoms. The van der Waals surface area contributed by atoms with Gasteiger partial charge in [0, 0.05) is 11.3 Å². The first-order valence-corrected chi connectivity index (χ1v) is 7.33. The summed E-state index contributed by atoms with van der Waals surface area (Å²) in [7, 11) is 0. The molecule has 0 aliphatic carbocycles. The lowest BCUT2D eigenvalue weighted by Gasteiger charge is -2.24. The zero-order valence-corrected chi connectivity index (χ0v) is 12.6. The highest BCUT2D eigenvalue weighted by molar-refractivity contribution is 6.21. The zero-order chi connectivity index (χ0) is 13.8. The summed E-state index contributed by atoms with van der Waals surface area (Å²) in [6.07, 6.45) is 0.967. The summed E-state index contributed by atoms with van der Waals surface area (Å²) in [6, 6.07) is 17.2. The third kappa shape index (κ3) is 3.19. The summed E-state index contributed by atoms with van der Waals surface area (Å²) in [5, 5.41) is 0.128. The molecule has 0 aliphatic heterocycles. The van der Waals surface area contributed by atoms with Gasteiger partial charge in [-0.2, -0.15) is 0 Å². The zero-order valence-electron chi connectivity index (χ0n) is 11.9. The minimum absolute atomic E-state index is 0.128. The van der Waals surface area contributed by atoms with Crippen LogP contribution in [0, 0.1) is 13.8 Å². The van der Waals surface area contributed by atoms with Crippen molar-refractivity contribution < 1.29 is 0 Å². The molecule has 2 rings (SSSR count). The third-order valence-electron chi connectivity index (χ3n) is 3.68. The quantitative estimate of drug-likeness (QED) is 0.649. The predicted octanol–water partition coefficient (Wildman–Crippen LogP) is 5.45. The van der Waals surface area contributed by atoms with E-state index in [1.165, 1.54) is 22.3 Å². The Kier molecular flexibility index (Phi) is 4.66. The number of hydrogen-bond acceptors (Lipinski definition) is 0. The van der Waals surface area contributed by atoms with E-state index in [1.54, 1.807) is 0 Å². The molecular formula is C18H21Cl. The van der Waals surface area contributed by atoms with E-state index >= 15 is 0 Å². The molecular weight excluding hydrogens is 252 g/mol. The lowest BCUT2D eigenvalue weighted by molar-refractivity contribution is 0.704. The minimum Gasteiger partial charge on any atom is -0.122 e. The number of alkyl halides is 1. The van der Waals surface area contributed by atoms with Crippen LogP contribution in [0.1, 0.15) is 41.5 Å². The minimum atomic E-state index is 0.128. The van der Waals surface area contributed by atoms with Crippen LogP contribution < -0.4 is 0 Å². The predicted molar refractivity (Wildman–Crippen MR) is 84.1 cm³/mol. The van der Waals surface area contributed by atoms with Crippen molar-refractivity contribution in [3.05, 3.63) is 70.8 Å². The summed E-state index contributed by atoms with van der Waals surface area (Å²) in [4.78, 5) is 0. The van der Waals surface area contributed by atoms with Gasteiger partial charge in [-0.1, -0.05) is 61.0 Å². The topological polar surface area (TPSA) is 0 Å². The first-order valence-electron chi connectivity index (χ1n) is 6.89. The normalized spacial score (nSPS) is 14.1. The van der Waals surface area contributed by atoms with Crippen molar-refractivity contribution >= 4 is 11.6 Å². The van der Waals surface area contributed by atoms with E-state index in [4.69, 9.17) is 11.6 Å². The molecule has 100 valence electrons. The van der Waals surface area contributed by atoms with Gasteiger partial charge >= 0.3 is 0 Å². The second-order valence-electron chi connectivity index (χ2n) is 5.17. The lowest BCUT2D eigenvalue weighted by Crippen LogP contribution is -2.15. The maximum absolute atomic E-state index is 6.62. The average molecular weight is 273 g/mol. The molecule has 2 aromatic carbocycles. The molecule has 0 radical (unpaired) electrons. The Balaban J connectivity index is 2.52. The Morgan fingerprint density at radius 2 is 1.68 bits per heavy atom. The molecule has 0 N–H and O–H groups in total. The monoisotopic (exact) mass is 272 g/mol. The Hall–Kier alpha value is -1.27. The summed E-state index contributed by atoms with van der Waals surface area (Å²) >= 11 is 6.62. The van der Waals surface area contributed by atoms with Gasteiger partial charge in [0.05, 0.1) is 0 Å². The van der Waals surface area contributed by atoms with Crippen molar-refractivity contribution in [1.29, 1.82) is 0 Å². The Bertz CT molecular complexity index is 531. The van der Waals surface area contributed by atoms with Gasteiger partial charge in [0.1, 0.15) is 0 Å². The van der Waals surface area contributed by atoms with Gasteiger partial charge in [0.25, 0.3) is 0 Å². The molecule has 19 heavy (non-hydrogen) atoms. The molecule has 0 spiro atoms. The van der Waals surface area contributed by atoms with Gasteiger partial charge in [-0.3, -0.25) is 0 Å². The van der Waals surface area contributed by atoms with Crippen LogP contribution in [0.4, 0.5) is 0 Å². The fraction of sp³-hybridized carbons (Fsp3) is 0.333. The molecule has 0 fully saturated rings. The van der Waals surface area contributed by atoms with Gasteiger partial charge in [-0.25, -0.2) is 0 Å². The van der Waals surface area contributed by atoms with Crippen LogP contribution in [-0.4, -0.2) is 5.38 Å². The Morgan fingerprint density at radius 1 is 1.00 bits per heavy atom. The lowest BCUT2D eigenvalue weighted by atomic mass is 9.84. The van der Waals surface area contributed by atoms with Crippen LogP contribution in [-0.2, 0) is 0 Å². The van der Waals surface area contributed by atoms with Crippen molar-refractivity contribution in [2.45, 2.75) is 38.5 Å². The average Bonchev–Trinajstić information content (AvgIpc) is 2.44. The van der Waals surface area contributed by atoms with Crippen LogP contribution in [0.2, 0.25) is 0 Å². The van der Waals surface area contributed by atoms with Crippen molar-refractivity contribution in [3.63, 3.8) is 0 Å². The molecule has 0 heterocycles. The summed E-state index contributed by atoms with van der Waals surface area (Å²) in [5.41, 5.74) is 5.27. The van der Waals surface area contributed by atoms with Gasteiger partial charge < -0.3 is 0 Å². The van der Waals surface area contributed by atoms with Crippen molar-refractivity contribution in [2.75, 3.05) is 0 Å². The highest BCUT2D eigenvalue weighted by atomic mass is 35.5. The maximum atomic E-state index is 6.62. The van der Waals surface area contributed by atoms with Crippen LogP contribution >= 0.6 is 11.6 Å². The van der Waals surface area contributed by atoms with Crippen molar-refractivity contribution in [3.8, 4) is 0 Å². The van der Waals surface area contributed by atoms with Crippen LogP contribution in [0.5, 0.6) is 0 Å². The standard InChI is InChI=1S/C18H21Cl/c1-4-17(19)18(15-8-6-5-7-9-15)16-12-13(2)10-11-14(16)3/h5-12,17-18H,4H2,1-3H3. The molecule has 0 saturated carbocycles. The second-order valence-corrected chi connectivity index (χ2v) is 5.73. The van der Waals surface area contributed by atoms with Gasteiger partial charge in [0.2, 0.25) is 0 Å². The number of rotatable bonds is 4. The first kappa shape index (κ1) is 14.1. The summed E-state index contributed by atoms with van der Waals surface area (Å²) in [5.74, 6) is 0.271. The van der Waals surface area contributed by atoms with E-state index in [2.05, 4.69) is 69.3 Å². The van der Waals surface area contributed by atoms with E-state index in [1.807, 2.05) is 0 Å². The molecule has 0 amide bonds. The highest BCUT2D eigenvalue weighted by Gasteiger charge is 2.23. The van der Waals surface area contributed by atoms with E-state index in [-0.39, 0.29) is 11.3 Å². The SMILES string of the molecule is CCC(Cl)C(c1ccccc1)c1cc(C)ccc1C. The maximum Gasteiger partial charge on any atom is 0.0442 e. The Labute approximate surface area is 121 Å². The van der Waals surface area contributed by atoms with Gasteiger partial charge in [-0.05, 0) is 37.0 Å². The van der Waals surface area contributed by atoms with Crippen molar-refractivity contribution in [1.82, 2.24) is 0 Å². The largest absolute Gasteiger partial charge is 0.122 e. The molecule has 2 aromatic rings. The van der Waals surface area contributed by atoms with E-state index in [0.717, 1.165) is 6.42 Å². The van der Waals surface area contributed by atoms with Crippen LogP contribution in [0.25, 0.3) is 0 Å². The number of hydrogen-bond donors (Lipinski definition) is 0. The molecule has 0 aliphatic rings. The molecule has 2 unspecified atom stereocenters. The molecule has 2 atom stereocenters. The fourth-order valence-corrected chi connectivity index (χ4v) is 2.86. The van der Waals surface area contributed by atoms with Crippen LogP contribution in [0.15, 0.2) is 48.5 Å². The molecule has 0 saturated heterocycles. The Morgan fingerprint density at radius 3 is 2.32 bits per heavy atom. The van der Waals surface area contributed by atoms with Crippen LogP contribution in [0.3, 0.4) is 0 Å². The number of benzene rings is 2.